The summed E-state index contributed by atoms with van der Waals surface area (Å²) in [6.45, 7) is 15.5. The second kappa shape index (κ2) is 32.4. The van der Waals surface area contributed by atoms with Crippen LogP contribution in [0.2, 0.25) is 0 Å². The van der Waals surface area contributed by atoms with Gasteiger partial charge in [0.05, 0.1) is 80.7 Å². The Hall–Kier alpha value is -5.54. The Morgan fingerprint density at radius 3 is 1.42 bits per heavy atom. The van der Waals surface area contributed by atoms with Gasteiger partial charge in [0.1, 0.15) is 40.7 Å². The largest absolute Gasteiger partial charge is 0.540 e. The zero-order chi connectivity index (χ0) is 67.2. The number of benzene rings is 2. The van der Waals surface area contributed by atoms with Crippen molar-refractivity contribution in [3.63, 3.8) is 0 Å². The van der Waals surface area contributed by atoms with Gasteiger partial charge in [0.15, 0.2) is 0 Å². The topological polar surface area (TPSA) is 225 Å². The summed E-state index contributed by atoms with van der Waals surface area (Å²) in [5.74, 6) is -3.41. The molecule has 19 nitrogen and oxygen atoms in total. The number of alkyl halides is 3. The summed E-state index contributed by atoms with van der Waals surface area (Å²) in [5, 5.41) is 0. The van der Waals surface area contributed by atoms with Crippen LogP contribution < -0.4 is 18.9 Å². The number of rotatable bonds is 8. The molecule has 4 bridgehead atoms. The van der Waals surface area contributed by atoms with Gasteiger partial charge in [-0.2, -0.15) is 13.2 Å². The Morgan fingerprint density at radius 1 is 0.568 bits per heavy atom. The van der Waals surface area contributed by atoms with E-state index in [1.165, 1.54) is 4.90 Å². The summed E-state index contributed by atoms with van der Waals surface area (Å²) in [6.07, 6.45) is 8.69. The number of ether oxygens (including phenoxy) is 7. The fourth-order valence-electron chi connectivity index (χ4n) is 15.5. The first-order valence-electron chi connectivity index (χ1n) is 33.6. The SMILES string of the molecule is CC[C@@H]1[C@@H]2CN(C(=O)[C@H](C(C)(C)C)CC(=O)O[C@]3(C(F)(F)F)CCC[C@H]3CCCCCc3nc4ccc(OC)cc4nc3O2)[C@@H]1[C-]=O.CC[C@@H]1[C@@H]2CN(C(=O)[C@H](C(C)(C)C)CC(=O)O[C@]3(COC)CCC[C@H]3CCCCCc3nc4ccc(OC)cc4nc3O2)[C@@H]1[C-]=O.[V].[V]. The van der Waals surface area contributed by atoms with Crippen LogP contribution in [0, 0.1) is 46.3 Å². The third-order valence-electron chi connectivity index (χ3n) is 20.8. The van der Waals surface area contributed by atoms with Crippen molar-refractivity contribution < 1.29 is 112 Å². The van der Waals surface area contributed by atoms with Gasteiger partial charge in [0.2, 0.25) is 29.2 Å². The van der Waals surface area contributed by atoms with E-state index in [1.807, 2.05) is 59.1 Å². The van der Waals surface area contributed by atoms with Gasteiger partial charge in [-0.3, -0.25) is 19.2 Å². The minimum absolute atomic E-state index is 0. The van der Waals surface area contributed by atoms with Crippen LogP contribution in [-0.4, -0.2) is 149 Å². The van der Waals surface area contributed by atoms with Crippen molar-refractivity contribution >= 4 is 58.4 Å². The molecule has 2 aromatic heterocycles. The van der Waals surface area contributed by atoms with E-state index in [9.17, 15) is 41.9 Å². The number of esters is 2. The van der Waals surface area contributed by atoms with Crippen LogP contribution in [0.3, 0.4) is 0 Å². The van der Waals surface area contributed by atoms with E-state index in [0.717, 1.165) is 56.2 Å². The molecule has 2 amide bonds. The molecule has 4 aromatic rings. The number of hydrogen-bond donors (Lipinski definition) is 0. The number of nitrogens with zero attached hydrogens (tertiary/aromatic N) is 6. The first-order chi connectivity index (χ1) is 44.2. The Morgan fingerprint density at radius 2 is 1.00 bits per heavy atom. The van der Waals surface area contributed by atoms with Crippen LogP contribution in [0.1, 0.15) is 182 Å². The summed E-state index contributed by atoms with van der Waals surface area (Å²) < 4.78 is 85.7. The maximum Gasteiger partial charge on any atom is 0.428 e. The smallest absolute Gasteiger partial charge is 0.428 e. The van der Waals surface area contributed by atoms with Gasteiger partial charge in [-0.1, -0.05) is 106 Å². The minimum atomic E-state index is -4.75. The molecule has 2 aromatic carbocycles. The monoisotopic (exact) mass is 1400 g/mol. The van der Waals surface area contributed by atoms with Crippen LogP contribution >= 0.6 is 0 Å². The molecule has 24 heteroatoms. The summed E-state index contributed by atoms with van der Waals surface area (Å²) in [6, 6.07) is 9.18. The molecule has 12 atom stereocenters. The van der Waals surface area contributed by atoms with Crippen molar-refractivity contribution in [2.24, 2.45) is 46.3 Å². The number of aromatic nitrogens is 4. The molecule has 2 radical (unpaired) electrons. The van der Waals surface area contributed by atoms with E-state index >= 15 is 0 Å². The number of amides is 2. The minimum Gasteiger partial charge on any atom is -0.540 e. The third kappa shape index (κ3) is 17.0. The van der Waals surface area contributed by atoms with Gasteiger partial charge in [0.25, 0.3) is 0 Å². The first kappa shape index (κ1) is 76.8. The van der Waals surface area contributed by atoms with E-state index in [2.05, 4.69) is 6.29 Å². The number of carbonyl (C=O) groups is 4. The van der Waals surface area contributed by atoms with Crippen LogP contribution in [0.25, 0.3) is 22.1 Å². The molecule has 95 heavy (non-hydrogen) atoms. The molecule has 6 heterocycles. The normalized spacial score (nSPS) is 29.1. The Balaban J connectivity index is 0.000000263. The number of methoxy groups -OCH3 is 3. The van der Waals surface area contributed by atoms with Crippen molar-refractivity contribution in [3.05, 3.63) is 47.8 Å². The quantitative estimate of drug-likeness (QED) is 0.118. The molecular weight excluding hydrogens is 1300 g/mol. The average Bonchev–Trinajstić information content (AvgIpc) is 1.56. The maximum atomic E-state index is 14.8. The van der Waals surface area contributed by atoms with Crippen molar-refractivity contribution in [3.8, 4) is 23.3 Å². The van der Waals surface area contributed by atoms with Crippen molar-refractivity contribution in [1.29, 1.82) is 0 Å². The van der Waals surface area contributed by atoms with E-state index < -0.39 is 100 Å². The number of fused-ring (bicyclic) bond motifs is 10. The van der Waals surface area contributed by atoms with Crippen LogP contribution in [-0.2, 0) is 92.9 Å². The van der Waals surface area contributed by atoms with E-state index in [-0.39, 0.29) is 93.1 Å². The molecule has 0 spiro atoms. The molecule has 0 N–H and O–H groups in total. The van der Waals surface area contributed by atoms with Gasteiger partial charge in [0, 0.05) is 68.2 Å². The summed E-state index contributed by atoms with van der Waals surface area (Å²) >= 11 is 0. The predicted molar refractivity (Wildman–Crippen MR) is 341 cm³/mol. The molecule has 2 aliphatic carbocycles. The molecule has 2 saturated carbocycles. The first-order valence-corrected chi connectivity index (χ1v) is 33.6. The van der Waals surface area contributed by atoms with Crippen LogP contribution in [0.15, 0.2) is 36.4 Å². The predicted octanol–water partition coefficient (Wildman–Crippen LogP) is 12.2. The number of halogens is 3. The second-order valence-corrected chi connectivity index (χ2v) is 28.7. The van der Waals surface area contributed by atoms with Gasteiger partial charge in [-0.25, -0.2) is 32.5 Å². The Labute approximate surface area is 581 Å². The summed E-state index contributed by atoms with van der Waals surface area (Å²) in [4.78, 5) is 103. The molecule has 10 rings (SSSR count). The number of aryl methyl sites for hydroxylation is 2. The fraction of sp³-hybridized carbons (Fsp3) is 0.690. The van der Waals surface area contributed by atoms with Gasteiger partial charge >= 0.3 is 18.1 Å². The molecular formula is C71H95F3N6O13V2-2. The number of hydrogen-bond acceptors (Lipinski definition) is 17. The van der Waals surface area contributed by atoms with Gasteiger partial charge in [-0.15, -0.1) is 0 Å². The van der Waals surface area contributed by atoms with Crippen molar-refractivity contribution in [1.82, 2.24) is 29.7 Å². The van der Waals surface area contributed by atoms with Crippen LogP contribution in [0.4, 0.5) is 13.2 Å². The van der Waals surface area contributed by atoms with E-state index in [4.69, 9.17) is 53.1 Å². The van der Waals surface area contributed by atoms with E-state index in [1.54, 1.807) is 65.2 Å². The number of carbonyl (C=O) groups excluding carboxylic acids is 6. The molecule has 520 valence electrons. The Kier molecular flexibility index (Phi) is 26.2. The molecule has 0 unspecified atom stereocenters. The maximum absolute atomic E-state index is 14.8. The standard InChI is InChI=1S/C36H50N3O7.C35H45F3N3O6.2V/c1-7-25-30(21-40)39-20-31(25)45-33-28(37-27-16-15-24(44-6)18-29(27)38-33)14-10-8-9-12-23-13-11-17-36(23,22-43-5)46-32(41)19-26(34(39)42)35(2,3)4;1-6-23-28(20-42)41-19-29(23)46-31-26(39-25-15-14-22(45-5)17-27(25)40-31)13-9-7-8-11-21-12-10-16-34(21,35(36,37)38)47-30(43)18-24(32(41)44)33(2,3)4;;/h15-16,18,23,25-26,30-31H,7-14,17,19-20,22H2,1-6H3;14-15,17,21,23-24,28-29H,6-13,16,18-19H2,1-5H3;;/q2*-1;;/t23-,25+,26-,30-,31+,36+;21-,23+,24-,28-,29+,34-;;/m11../s1. The van der Waals surface area contributed by atoms with Gasteiger partial charge < -0.3 is 52.5 Å². The molecule has 4 aliphatic heterocycles. The second-order valence-electron chi connectivity index (χ2n) is 28.7. The molecule has 4 fully saturated rings. The summed E-state index contributed by atoms with van der Waals surface area (Å²) in [5.41, 5.74) is -0.712. The van der Waals surface area contributed by atoms with E-state index in [0.29, 0.717) is 104 Å². The van der Waals surface area contributed by atoms with Crippen molar-refractivity contribution in [2.45, 2.75) is 225 Å². The Bertz CT molecular complexity index is 3330. The average molecular weight is 1400 g/mol. The summed E-state index contributed by atoms with van der Waals surface area (Å²) in [7, 11) is 4.82. The molecule has 6 aliphatic rings. The fourth-order valence-corrected chi connectivity index (χ4v) is 15.5. The zero-order valence-corrected chi connectivity index (χ0v) is 59.8. The van der Waals surface area contributed by atoms with Crippen molar-refractivity contribution in [2.75, 3.05) is 41.0 Å². The third-order valence-corrected chi connectivity index (χ3v) is 20.8. The van der Waals surface area contributed by atoms with Crippen LogP contribution in [0.5, 0.6) is 23.3 Å². The van der Waals surface area contributed by atoms with Gasteiger partial charge in [-0.05, 0) is 124 Å². The molecule has 2 saturated heterocycles. The zero-order valence-electron chi connectivity index (χ0n) is 57.0.